The molecule has 0 saturated heterocycles. The van der Waals surface area contributed by atoms with Crippen molar-refractivity contribution in [2.75, 3.05) is 4.72 Å². The first-order valence-electron chi connectivity index (χ1n) is 5.83. The smallest absolute Gasteiger partial charge is 0.261 e. The van der Waals surface area contributed by atoms with Crippen molar-refractivity contribution in [1.82, 2.24) is 0 Å². The Kier molecular flexibility index (Phi) is 4.71. The zero-order valence-corrected chi connectivity index (χ0v) is 14.9. The van der Waals surface area contributed by atoms with E-state index in [1.807, 2.05) is 6.07 Å². The van der Waals surface area contributed by atoms with Gasteiger partial charge in [-0.2, -0.15) is 5.26 Å². The molecule has 0 aliphatic carbocycles. The van der Waals surface area contributed by atoms with Gasteiger partial charge < -0.3 is 0 Å². The fraction of sp³-hybridized carbons (Fsp3) is 0.0714. The first kappa shape index (κ1) is 16.0. The Bertz CT molecular complexity index is 822. The average Bonchev–Trinajstić information content (AvgIpc) is 2.43. The Labute approximate surface area is 140 Å². The first-order chi connectivity index (χ1) is 9.85. The Morgan fingerprint density at radius 3 is 2.29 bits per heavy atom. The molecule has 0 atom stereocenters. The number of para-hydroxylation sites is 1. The van der Waals surface area contributed by atoms with Crippen LogP contribution in [0.2, 0.25) is 0 Å². The minimum atomic E-state index is -3.73. The number of nitrogens with zero attached hydrogens (tertiary/aromatic N) is 1. The number of benzene rings is 2. The van der Waals surface area contributed by atoms with Crippen LogP contribution in [0.5, 0.6) is 0 Å². The predicted molar refractivity (Wildman–Crippen MR) is 88.5 cm³/mol. The number of hydrogen-bond donors (Lipinski definition) is 1. The van der Waals surface area contributed by atoms with Gasteiger partial charge in [-0.05, 0) is 74.7 Å². The lowest BCUT2D eigenvalue weighted by Crippen LogP contribution is -2.14. The Morgan fingerprint density at radius 2 is 1.76 bits per heavy atom. The fourth-order valence-electron chi connectivity index (χ4n) is 1.72. The summed E-state index contributed by atoms with van der Waals surface area (Å²) in [5, 5.41) is 8.89. The average molecular weight is 430 g/mol. The Morgan fingerprint density at radius 1 is 1.14 bits per heavy atom. The van der Waals surface area contributed by atoms with Crippen LogP contribution in [-0.4, -0.2) is 8.42 Å². The van der Waals surface area contributed by atoms with E-state index in [1.165, 1.54) is 18.2 Å². The van der Waals surface area contributed by atoms with Gasteiger partial charge in [0, 0.05) is 8.95 Å². The summed E-state index contributed by atoms with van der Waals surface area (Å²) in [6.45, 7) is 1.70. The van der Waals surface area contributed by atoms with E-state index in [-0.39, 0.29) is 4.90 Å². The van der Waals surface area contributed by atoms with Crippen LogP contribution < -0.4 is 4.72 Å². The highest BCUT2D eigenvalue weighted by atomic mass is 79.9. The second-order valence-corrected chi connectivity index (χ2v) is 7.68. The lowest BCUT2D eigenvalue weighted by Gasteiger charge is -2.12. The molecule has 7 heteroatoms. The molecule has 0 saturated carbocycles. The van der Waals surface area contributed by atoms with Crippen LogP contribution >= 0.6 is 31.9 Å². The number of sulfonamides is 1. The van der Waals surface area contributed by atoms with Crippen molar-refractivity contribution in [2.45, 2.75) is 11.8 Å². The number of anilines is 1. The monoisotopic (exact) mass is 428 g/mol. The molecule has 0 aliphatic rings. The summed E-state index contributed by atoms with van der Waals surface area (Å²) in [5.41, 5.74) is 1.50. The van der Waals surface area contributed by atoms with Gasteiger partial charge in [-0.25, -0.2) is 8.42 Å². The van der Waals surface area contributed by atoms with E-state index in [0.717, 1.165) is 0 Å². The van der Waals surface area contributed by atoms with Gasteiger partial charge in [-0.15, -0.1) is 0 Å². The summed E-state index contributed by atoms with van der Waals surface area (Å²) in [4.78, 5) is 0.113. The van der Waals surface area contributed by atoms with Crippen LogP contribution in [0.4, 0.5) is 5.69 Å². The molecule has 2 rings (SSSR count). The normalized spacial score (nSPS) is 11.0. The van der Waals surface area contributed by atoms with Crippen molar-refractivity contribution in [3.8, 4) is 6.07 Å². The molecular formula is C14H10Br2N2O2S. The minimum absolute atomic E-state index is 0.113. The molecule has 2 aromatic carbocycles. The van der Waals surface area contributed by atoms with Crippen LogP contribution in [0, 0.1) is 18.3 Å². The van der Waals surface area contributed by atoms with Crippen LogP contribution in [0.25, 0.3) is 0 Å². The maximum Gasteiger partial charge on any atom is 0.261 e. The number of nitriles is 1. The highest BCUT2D eigenvalue weighted by Crippen LogP contribution is 2.32. The second-order valence-electron chi connectivity index (χ2n) is 4.29. The summed E-state index contributed by atoms with van der Waals surface area (Å²) in [6.07, 6.45) is 0. The molecule has 21 heavy (non-hydrogen) atoms. The second kappa shape index (κ2) is 6.18. The summed E-state index contributed by atoms with van der Waals surface area (Å²) in [6, 6.07) is 11.7. The molecule has 0 aromatic heterocycles. The Hall–Kier alpha value is -1.36. The van der Waals surface area contributed by atoms with Crippen LogP contribution in [0.3, 0.4) is 0 Å². The number of hydrogen-bond acceptors (Lipinski definition) is 3. The van der Waals surface area contributed by atoms with Gasteiger partial charge in [0.1, 0.15) is 0 Å². The van der Waals surface area contributed by atoms with Gasteiger partial charge in [-0.3, -0.25) is 4.72 Å². The lowest BCUT2D eigenvalue weighted by molar-refractivity contribution is 0.601. The molecule has 0 bridgehead atoms. The maximum atomic E-state index is 12.4. The first-order valence-corrected chi connectivity index (χ1v) is 8.89. The van der Waals surface area contributed by atoms with Crippen LogP contribution in [-0.2, 0) is 10.0 Å². The minimum Gasteiger partial charge on any atom is -0.277 e. The lowest BCUT2D eigenvalue weighted by atomic mass is 10.1. The van der Waals surface area contributed by atoms with Crippen molar-refractivity contribution in [3.63, 3.8) is 0 Å². The third-order valence-corrected chi connectivity index (χ3v) is 5.50. The molecule has 0 aliphatic heterocycles. The molecule has 0 spiro atoms. The Balaban J connectivity index is 2.44. The summed E-state index contributed by atoms with van der Waals surface area (Å²) in [5.74, 6) is 0. The third kappa shape index (κ3) is 3.46. The fourth-order valence-corrected chi connectivity index (χ4v) is 4.36. The molecular weight excluding hydrogens is 420 g/mol. The van der Waals surface area contributed by atoms with Gasteiger partial charge in [0.05, 0.1) is 22.2 Å². The quantitative estimate of drug-likeness (QED) is 0.794. The molecule has 108 valence electrons. The third-order valence-electron chi connectivity index (χ3n) is 2.83. The van der Waals surface area contributed by atoms with Gasteiger partial charge in [0.15, 0.2) is 0 Å². The SMILES string of the molecule is Cc1cc(S(=O)(=O)Nc2c(Br)cccc2Br)ccc1C#N. The van der Waals surface area contributed by atoms with Crippen molar-refractivity contribution in [3.05, 3.63) is 56.5 Å². The molecule has 4 nitrogen and oxygen atoms in total. The molecule has 0 amide bonds. The van der Waals surface area contributed by atoms with Crippen LogP contribution in [0.1, 0.15) is 11.1 Å². The molecule has 0 radical (unpaired) electrons. The summed E-state index contributed by atoms with van der Waals surface area (Å²) < 4.78 is 28.6. The van der Waals surface area contributed by atoms with E-state index in [4.69, 9.17) is 5.26 Å². The van der Waals surface area contributed by atoms with Gasteiger partial charge in [-0.1, -0.05) is 6.07 Å². The van der Waals surface area contributed by atoms with Gasteiger partial charge in [0.25, 0.3) is 10.0 Å². The van der Waals surface area contributed by atoms with E-state index in [2.05, 4.69) is 36.6 Å². The maximum absolute atomic E-state index is 12.4. The van der Waals surface area contributed by atoms with E-state index < -0.39 is 10.0 Å². The summed E-state index contributed by atoms with van der Waals surface area (Å²) in [7, 11) is -3.73. The zero-order valence-electron chi connectivity index (χ0n) is 10.9. The molecule has 2 aromatic rings. The van der Waals surface area contributed by atoms with Crippen molar-refractivity contribution in [2.24, 2.45) is 0 Å². The van der Waals surface area contributed by atoms with Crippen molar-refractivity contribution < 1.29 is 8.42 Å². The number of halogens is 2. The van der Waals surface area contributed by atoms with Gasteiger partial charge >= 0.3 is 0 Å². The van der Waals surface area contributed by atoms with Crippen molar-refractivity contribution in [1.29, 1.82) is 5.26 Å². The van der Waals surface area contributed by atoms with E-state index in [1.54, 1.807) is 25.1 Å². The number of nitrogens with one attached hydrogen (secondary N) is 1. The van der Waals surface area contributed by atoms with E-state index >= 15 is 0 Å². The standard InChI is InChI=1S/C14H10Br2N2O2S/c1-9-7-11(6-5-10(9)8-17)21(19,20)18-14-12(15)3-2-4-13(14)16/h2-7,18H,1H3. The molecule has 0 heterocycles. The van der Waals surface area contributed by atoms with Crippen LogP contribution in [0.15, 0.2) is 50.2 Å². The number of rotatable bonds is 3. The zero-order chi connectivity index (χ0) is 15.6. The molecule has 0 unspecified atom stereocenters. The summed E-state index contributed by atoms with van der Waals surface area (Å²) >= 11 is 6.62. The molecule has 1 N–H and O–H groups in total. The molecule has 0 fully saturated rings. The predicted octanol–water partition coefficient (Wildman–Crippen LogP) is 4.19. The highest BCUT2D eigenvalue weighted by molar-refractivity contribution is 9.11. The largest absolute Gasteiger partial charge is 0.277 e. The van der Waals surface area contributed by atoms with Crippen molar-refractivity contribution >= 4 is 47.6 Å². The van der Waals surface area contributed by atoms with E-state index in [0.29, 0.717) is 25.8 Å². The highest BCUT2D eigenvalue weighted by Gasteiger charge is 2.18. The van der Waals surface area contributed by atoms with E-state index in [9.17, 15) is 8.42 Å². The van der Waals surface area contributed by atoms with Gasteiger partial charge in [0.2, 0.25) is 0 Å². The topological polar surface area (TPSA) is 70.0 Å². The number of aryl methyl sites for hydroxylation is 1.